The highest BCUT2D eigenvalue weighted by Gasteiger charge is 2.41. The summed E-state index contributed by atoms with van der Waals surface area (Å²) in [6.45, 7) is 8.33. The molecule has 8 amide bonds. The predicted octanol–water partition coefficient (Wildman–Crippen LogP) is 0.195. The summed E-state index contributed by atoms with van der Waals surface area (Å²) in [4.78, 5) is 131. The molecule has 10 N–H and O–H groups in total. The minimum Gasteiger partial charge on any atom is -0.391 e. The molecule has 2 fully saturated rings. The molecule has 410 valence electrons. The molecule has 76 heavy (non-hydrogen) atoms. The highest BCUT2D eigenvalue weighted by molar-refractivity contribution is 6.01. The first-order valence-corrected chi connectivity index (χ1v) is 26.5. The third-order valence-corrected chi connectivity index (χ3v) is 14.1. The van der Waals surface area contributed by atoms with Crippen molar-refractivity contribution in [3.05, 3.63) is 71.8 Å². The summed E-state index contributed by atoms with van der Waals surface area (Å²) in [5, 5.41) is 30.3. The van der Waals surface area contributed by atoms with E-state index in [2.05, 4.69) is 57.2 Å². The van der Waals surface area contributed by atoms with Crippen LogP contribution in [0.5, 0.6) is 0 Å². The zero-order chi connectivity index (χ0) is 54.7. The van der Waals surface area contributed by atoms with Gasteiger partial charge in [-0.2, -0.15) is 0 Å². The highest BCUT2D eigenvalue weighted by atomic mass is 16.3. The number of hydrogen-bond acceptors (Lipinski definition) is 15. The Bertz CT molecular complexity index is 2430. The quantitative estimate of drug-likeness (QED) is 0.0582. The van der Waals surface area contributed by atoms with E-state index in [1.807, 2.05) is 20.8 Å². The number of hydrogen-bond donors (Lipinski definition) is 9. The van der Waals surface area contributed by atoms with Crippen molar-refractivity contribution in [3.63, 3.8) is 0 Å². The van der Waals surface area contributed by atoms with Gasteiger partial charge in [0.1, 0.15) is 48.9 Å². The van der Waals surface area contributed by atoms with Crippen LogP contribution in [0.15, 0.2) is 80.6 Å². The van der Waals surface area contributed by atoms with Crippen LogP contribution >= 0.6 is 0 Å². The number of rotatable bonds is 27. The molecule has 2 saturated heterocycles. The number of nitrogens with zero attached hydrogens (tertiary/aromatic N) is 5. The lowest BCUT2D eigenvalue weighted by molar-refractivity contribution is -0.142. The standard InChI is InChI=1S/C54H75N13O9/c1-5-33(4)47(53(75)63-41(24-35-16-10-7-11-17-35)50(72)65-46(69)27-45(68)38(55)22-32(2)3)66-51(73)42(25-36-28-56-30-59-36)61-49(71)40(23-34-14-8-6-9-15-34)62-52(74)44-19-13-21-67(44)54(76)43(26-37-29-57-31-60-37)64-48(70)39-18-12-20-58-39/h6-11,14-17,28-33,36-45,47,58,68H,5,12-13,18-27,55H2,1-4H3,(H,61,71)(H,62,74)(H,63,75)(H,64,70)(H,66,73)(H,65,69,72)/t33-,36?,37?,38-,39-,40-,41-,42-,43-,44-,45?,47-/m0/s1. The van der Waals surface area contributed by atoms with Crippen molar-refractivity contribution in [2.45, 2.75) is 165 Å². The number of likely N-dealkylation sites (tertiary alicyclic amines) is 1. The Kier molecular flexibility index (Phi) is 22.0. The van der Waals surface area contributed by atoms with E-state index < -0.39 is 120 Å². The molecular formula is C54H75N13O9. The summed E-state index contributed by atoms with van der Waals surface area (Å²) in [5.41, 5.74) is 7.45. The maximum absolute atomic E-state index is 14.7. The Morgan fingerprint density at radius 2 is 1.26 bits per heavy atom. The van der Waals surface area contributed by atoms with Gasteiger partial charge in [0.25, 0.3) is 0 Å². The molecule has 0 saturated carbocycles. The first-order chi connectivity index (χ1) is 36.5. The van der Waals surface area contributed by atoms with Gasteiger partial charge >= 0.3 is 0 Å². The van der Waals surface area contributed by atoms with Gasteiger partial charge in [0, 0.05) is 50.7 Å². The van der Waals surface area contributed by atoms with Gasteiger partial charge in [-0.05, 0) is 61.6 Å². The lowest BCUT2D eigenvalue weighted by atomic mass is 9.96. The van der Waals surface area contributed by atoms with Crippen LogP contribution < -0.4 is 43.0 Å². The fourth-order valence-electron chi connectivity index (χ4n) is 9.66. The Morgan fingerprint density at radius 3 is 1.82 bits per heavy atom. The van der Waals surface area contributed by atoms with Gasteiger partial charge in [-0.25, -0.2) is 9.98 Å². The van der Waals surface area contributed by atoms with E-state index in [9.17, 15) is 43.5 Å². The Morgan fingerprint density at radius 1 is 0.697 bits per heavy atom. The number of nitrogens with two attached hydrogens (primary N) is 1. The fourth-order valence-corrected chi connectivity index (χ4v) is 9.66. The van der Waals surface area contributed by atoms with Crippen LogP contribution in [0.1, 0.15) is 96.6 Å². The monoisotopic (exact) mass is 1050 g/mol. The highest BCUT2D eigenvalue weighted by Crippen LogP contribution is 2.22. The van der Waals surface area contributed by atoms with Gasteiger partial charge < -0.3 is 47.6 Å². The van der Waals surface area contributed by atoms with E-state index >= 15 is 0 Å². The van der Waals surface area contributed by atoms with Crippen molar-refractivity contribution in [1.82, 2.24) is 42.1 Å². The number of aliphatic hydroxyl groups excluding tert-OH is 1. The molecule has 0 aliphatic carbocycles. The lowest BCUT2D eigenvalue weighted by Gasteiger charge is -2.31. The molecule has 3 unspecified atom stereocenters. The molecule has 4 aliphatic heterocycles. The van der Waals surface area contributed by atoms with Gasteiger partial charge in [0.05, 0.1) is 30.7 Å². The van der Waals surface area contributed by atoms with E-state index in [-0.39, 0.29) is 50.5 Å². The van der Waals surface area contributed by atoms with Crippen molar-refractivity contribution in [2.24, 2.45) is 37.5 Å². The number of amides is 8. The van der Waals surface area contributed by atoms with E-state index in [0.29, 0.717) is 43.4 Å². The van der Waals surface area contributed by atoms with Crippen LogP contribution in [0.2, 0.25) is 0 Å². The average molecular weight is 1050 g/mol. The molecule has 0 radical (unpaired) electrons. The maximum Gasteiger partial charge on any atom is 0.249 e. The Labute approximate surface area is 443 Å². The normalized spacial score (nSPS) is 21.7. The number of aliphatic hydroxyl groups is 1. The second-order valence-electron chi connectivity index (χ2n) is 20.5. The third-order valence-electron chi connectivity index (χ3n) is 14.1. The van der Waals surface area contributed by atoms with Crippen LogP contribution in [0.25, 0.3) is 0 Å². The average Bonchev–Trinajstić information content (AvgIpc) is 4.27. The molecule has 0 spiro atoms. The van der Waals surface area contributed by atoms with Gasteiger partial charge in [-0.15, -0.1) is 0 Å². The number of nitrogens with one attached hydrogen (secondary N) is 7. The van der Waals surface area contributed by atoms with E-state index in [4.69, 9.17) is 5.73 Å². The SMILES string of the molecule is CC[C@H](C)[C@H](NC(=O)[C@H](CC1C=NC=N1)NC(=O)[C@H](Cc1ccccc1)NC(=O)[C@@H]1CCCN1C(=O)[C@H](CC1C=NC=N1)NC(=O)[C@@H]1CCCN1)C(=O)N[C@@H](Cc1ccccc1)C(=O)NC(=O)CC(O)[C@@H](N)CC(C)C. The summed E-state index contributed by atoms with van der Waals surface area (Å²) in [6, 6.07) is 8.37. The third kappa shape index (κ3) is 17.2. The van der Waals surface area contributed by atoms with Crippen LogP contribution in [-0.4, -0.2) is 162 Å². The summed E-state index contributed by atoms with van der Waals surface area (Å²) in [6.07, 6.45) is 7.23. The molecule has 2 aromatic carbocycles. The zero-order valence-electron chi connectivity index (χ0n) is 43.8. The van der Waals surface area contributed by atoms with Gasteiger partial charge in [0.15, 0.2) is 0 Å². The zero-order valence-corrected chi connectivity index (χ0v) is 43.8. The van der Waals surface area contributed by atoms with Crippen molar-refractivity contribution in [2.75, 3.05) is 13.1 Å². The largest absolute Gasteiger partial charge is 0.391 e. The smallest absolute Gasteiger partial charge is 0.249 e. The van der Waals surface area contributed by atoms with Gasteiger partial charge in [-0.1, -0.05) is 94.8 Å². The van der Waals surface area contributed by atoms with Crippen molar-refractivity contribution in [3.8, 4) is 0 Å². The summed E-state index contributed by atoms with van der Waals surface area (Å²) >= 11 is 0. The number of aliphatic imine (C=N–C) groups is 4. The molecule has 2 aromatic rings. The number of carbonyl (C=O) groups is 8. The molecule has 4 heterocycles. The van der Waals surface area contributed by atoms with Crippen molar-refractivity contribution in [1.29, 1.82) is 0 Å². The first-order valence-electron chi connectivity index (χ1n) is 26.5. The summed E-state index contributed by atoms with van der Waals surface area (Å²) in [5.74, 6) is -5.58. The van der Waals surface area contributed by atoms with E-state index in [1.165, 1.54) is 23.8 Å². The molecule has 12 atom stereocenters. The minimum absolute atomic E-state index is 0.00245. The van der Waals surface area contributed by atoms with Crippen LogP contribution in [0.3, 0.4) is 0 Å². The molecular weight excluding hydrogens is 975 g/mol. The van der Waals surface area contributed by atoms with Gasteiger partial charge in [0.2, 0.25) is 47.3 Å². The minimum atomic E-state index is -1.34. The molecule has 22 heteroatoms. The van der Waals surface area contributed by atoms with Gasteiger partial charge in [-0.3, -0.25) is 53.7 Å². The fraction of sp³-hybridized carbons (Fsp3) is 0.556. The second kappa shape index (κ2) is 28.7. The first kappa shape index (κ1) is 58.2. The topological polar surface area (TPSA) is 320 Å². The number of benzene rings is 2. The molecule has 4 aliphatic rings. The van der Waals surface area contributed by atoms with E-state index in [0.717, 1.165) is 6.42 Å². The second-order valence-corrected chi connectivity index (χ2v) is 20.5. The lowest BCUT2D eigenvalue weighted by Crippen LogP contribution is -2.61. The van der Waals surface area contributed by atoms with Crippen LogP contribution in [-0.2, 0) is 51.2 Å². The van der Waals surface area contributed by atoms with Crippen LogP contribution in [0, 0.1) is 11.8 Å². The van der Waals surface area contributed by atoms with Crippen molar-refractivity contribution < 1.29 is 43.5 Å². The predicted molar refractivity (Wildman–Crippen MR) is 287 cm³/mol. The molecule has 0 aromatic heterocycles. The number of carbonyl (C=O) groups excluding carboxylic acids is 8. The number of imide groups is 1. The van der Waals surface area contributed by atoms with Crippen LogP contribution in [0.4, 0.5) is 0 Å². The molecule has 6 rings (SSSR count). The maximum atomic E-state index is 14.7. The summed E-state index contributed by atoms with van der Waals surface area (Å²) in [7, 11) is 0. The Balaban J connectivity index is 1.19. The van der Waals surface area contributed by atoms with Crippen molar-refractivity contribution >= 4 is 72.4 Å². The van der Waals surface area contributed by atoms with E-state index in [1.54, 1.807) is 73.8 Å². The molecule has 22 nitrogen and oxygen atoms in total. The molecule has 0 bridgehead atoms. The summed E-state index contributed by atoms with van der Waals surface area (Å²) < 4.78 is 0. The Hall–Kier alpha value is -7.04.